The molecule has 1 fully saturated rings. The van der Waals surface area contributed by atoms with E-state index in [1.807, 2.05) is 0 Å². The summed E-state index contributed by atoms with van der Waals surface area (Å²) in [5.41, 5.74) is 0.547. The van der Waals surface area contributed by atoms with Gasteiger partial charge in [0.2, 0.25) is 10.0 Å². The van der Waals surface area contributed by atoms with Gasteiger partial charge in [-0.05, 0) is 34.7 Å². The molecule has 0 atom stereocenters. The first kappa shape index (κ1) is 12.1. The van der Waals surface area contributed by atoms with Crippen LogP contribution in [0.15, 0.2) is 10.7 Å². The van der Waals surface area contributed by atoms with E-state index >= 15 is 0 Å². The summed E-state index contributed by atoms with van der Waals surface area (Å²) in [4.78, 5) is 0. The molecule has 7 heteroatoms. The first-order valence-electron chi connectivity index (χ1n) is 5.11. The minimum absolute atomic E-state index is 0.0683. The zero-order valence-electron chi connectivity index (χ0n) is 8.98. The van der Waals surface area contributed by atoms with Crippen LogP contribution in [0.25, 0.3) is 0 Å². The molecule has 0 saturated heterocycles. The van der Waals surface area contributed by atoms with Gasteiger partial charge in [0.25, 0.3) is 0 Å². The smallest absolute Gasteiger partial charge is 0.217 e. The molecule has 1 aromatic rings. The Hall–Kier alpha value is -0.400. The topological polar surface area (TPSA) is 64.0 Å². The van der Waals surface area contributed by atoms with Crippen LogP contribution < -0.4 is 4.72 Å². The third-order valence-corrected chi connectivity index (χ3v) is 4.39. The fourth-order valence-electron chi connectivity index (χ4n) is 1.40. The Morgan fingerprint density at radius 2 is 2.31 bits per heavy atom. The fourth-order valence-corrected chi connectivity index (χ4v) is 3.27. The van der Waals surface area contributed by atoms with Crippen LogP contribution in [0.2, 0.25) is 0 Å². The number of aromatic nitrogens is 2. The predicted molar refractivity (Wildman–Crippen MR) is 64.3 cm³/mol. The van der Waals surface area contributed by atoms with Gasteiger partial charge in [0.15, 0.2) is 0 Å². The van der Waals surface area contributed by atoms with Crippen LogP contribution in [0.1, 0.15) is 18.5 Å². The van der Waals surface area contributed by atoms with Crippen LogP contribution in [0.5, 0.6) is 0 Å². The lowest BCUT2D eigenvalue weighted by atomic mass is 10.4. The summed E-state index contributed by atoms with van der Waals surface area (Å²) in [5.74, 6) is 0.475. The van der Waals surface area contributed by atoms with Crippen LogP contribution in [-0.4, -0.2) is 24.7 Å². The van der Waals surface area contributed by atoms with Crippen LogP contribution in [-0.2, 0) is 22.8 Å². The Morgan fingerprint density at radius 3 is 2.81 bits per heavy atom. The third kappa shape index (κ3) is 3.29. The van der Waals surface area contributed by atoms with Crippen molar-refractivity contribution in [2.75, 3.05) is 6.54 Å². The highest BCUT2D eigenvalue weighted by Gasteiger charge is 2.24. The van der Waals surface area contributed by atoms with Crippen molar-refractivity contribution in [3.05, 3.63) is 16.4 Å². The Bertz CT molecular complexity index is 479. The molecular weight excluding hydrogens is 294 g/mol. The molecule has 1 aliphatic carbocycles. The molecule has 0 aromatic carbocycles. The summed E-state index contributed by atoms with van der Waals surface area (Å²) in [6, 6.07) is 0. The quantitative estimate of drug-likeness (QED) is 0.883. The van der Waals surface area contributed by atoms with Gasteiger partial charge in [-0.3, -0.25) is 4.68 Å². The van der Waals surface area contributed by atoms with E-state index in [4.69, 9.17) is 0 Å². The van der Waals surface area contributed by atoms with Crippen LogP contribution in [0.3, 0.4) is 0 Å². The van der Waals surface area contributed by atoms with Gasteiger partial charge >= 0.3 is 0 Å². The molecule has 0 amide bonds. The summed E-state index contributed by atoms with van der Waals surface area (Å²) < 4.78 is 28.4. The lowest BCUT2D eigenvalue weighted by molar-refractivity contribution is 0.575. The van der Waals surface area contributed by atoms with E-state index in [1.54, 1.807) is 17.9 Å². The predicted octanol–water partition coefficient (Wildman–Crippen LogP) is 1.01. The highest BCUT2D eigenvalue weighted by atomic mass is 79.9. The number of hydrogen-bond acceptors (Lipinski definition) is 3. The van der Waals surface area contributed by atoms with Crippen molar-refractivity contribution >= 4 is 26.0 Å². The number of nitrogens with zero attached hydrogens (tertiary/aromatic N) is 2. The number of halogens is 1. The van der Waals surface area contributed by atoms with Gasteiger partial charge in [-0.15, -0.1) is 0 Å². The van der Waals surface area contributed by atoms with Crippen LogP contribution >= 0.6 is 15.9 Å². The Balaban J connectivity index is 1.98. The monoisotopic (exact) mass is 307 g/mol. The zero-order valence-corrected chi connectivity index (χ0v) is 11.4. The van der Waals surface area contributed by atoms with Crippen molar-refractivity contribution in [2.45, 2.75) is 18.6 Å². The first-order valence-corrected chi connectivity index (χ1v) is 7.56. The van der Waals surface area contributed by atoms with Gasteiger partial charge < -0.3 is 0 Å². The van der Waals surface area contributed by atoms with Gasteiger partial charge in [-0.1, -0.05) is 0 Å². The van der Waals surface area contributed by atoms with Crippen LogP contribution in [0, 0.1) is 5.92 Å². The van der Waals surface area contributed by atoms with Crippen LogP contribution in [0.4, 0.5) is 0 Å². The Morgan fingerprint density at radius 1 is 1.62 bits per heavy atom. The summed E-state index contributed by atoms with van der Waals surface area (Å²) in [5, 5.41) is 4.09. The van der Waals surface area contributed by atoms with E-state index in [0.717, 1.165) is 17.3 Å². The lowest BCUT2D eigenvalue weighted by Crippen LogP contribution is -2.27. The summed E-state index contributed by atoms with van der Waals surface area (Å²) in [6.45, 7) is 0.562. The largest absolute Gasteiger partial charge is 0.274 e. The molecule has 0 aliphatic heterocycles. The molecule has 1 N–H and O–H groups in total. The molecule has 1 heterocycles. The van der Waals surface area contributed by atoms with Crippen molar-refractivity contribution in [2.24, 2.45) is 13.0 Å². The molecule has 1 aromatic heterocycles. The van der Waals surface area contributed by atoms with Gasteiger partial charge in [-0.25, -0.2) is 13.1 Å². The maximum absolute atomic E-state index is 11.7. The molecule has 1 aliphatic rings. The molecule has 0 unspecified atom stereocenters. The molecule has 2 rings (SSSR count). The van der Waals surface area contributed by atoms with Crippen molar-refractivity contribution in [3.8, 4) is 0 Å². The van der Waals surface area contributed by atoms with Crippen molar-refractivity contribution < 1.29 is 8.42 Å². The molecule has 5 nitrogen and oxygen atoms in total. The normalized spacial score (nSPS) is 16.6. The van der Waals surface area contributed by atoms with E-state index in [2.05, 4.69) is 25.8 Å². The molecular formula is C9H14BrN3O2S. The minimum atomic E-state index is -3.25. The second-order valence-electron chi connectivity index (χ2n) is 4.15. The maximum Gasteiger partial charge on any atom is 0.217 e. The number of hydrogen-bond donors (Lipinski definition) is 1. The number of aryl methyl sites for hydroxylation is 1. The highest BCUT2D eigenvalue weighted by molar-refractivity contribution is 9.10. The fraction of sp³-hybridized carbons (Fsp3) is 0.667. The standard InChI is InChI=1S/C9H14BrN3O2S/c1-13-5-8(10)9(12-13)6-16(14,15)11-4-7-2-3-7/h5,7,11H,2-4,6H2,1H3. The summed E-state index contributed by atoms with van der Waals surface area (Å²) in [7, 11) is -1.49. The Kier molecular flexibility index (Phi) is 3.37. The minimum Gasteiger partial charge on any atom is -0.274 e. The third-order valence-electron chi connectivity index (χ3n) is 2.47. The van der Waals surface area contributed by atoms with E-state index in [1.165, 1.54) is 0 Å². The van der Waals surface area contributed by atoms with E-state index in [-0.39, 0.29) is 5.75 Å². The highest BCUT2D eigenvalue weighted by Crippen LogP contribution is 2.28. The second-order valence-corrected chi connectivity index (χ2v) is 6.81. The lowest BCUT2D eigenvalue weighted by Gasteiger charge is -2.04. The average Bonchev–Trinajstić information content (AvgIpc) is 2.92. The molecule has 1 saturated carbocycles. The van der Waals surface area contributed by atoms with Crippen molar-refractivity contribution in [3.63, 3.8) is 0 Å². The van der Waals surface area contributed by atoms with Gasteiger partial charge in [-0.2, -0.15) is 5.10 Å². The molecule has 0 radical (unpaired) electrons. The van der Waals surface area contributed by atoms with Gasteiger partial charge in [0, 0.05) is 19.8 Å². The number of rotatable bonds is 5. The number of sulfonamides is 1. The van der Waals surface area contributed by atoms with Gasteiger partial charge in [0.05, 0.1) is 10.2 Å². The van der Waals surface area contributed by atoms with E-state index in [0.29, 0.717) is 18.2 Å². The van der Waals surface area contributed by atoms with Crippen molar-refractivity contribution in [1.29, 1.82) is 0 Å². The zero-order chi connectivity index (χ0) is 11.8. The van der Waals surface area contributed by atoms with E-state index in [9.17, 15) is 8.42 Å². The summed E-state index contributed by atoms with van der Waals surface area (Å²) in [6.07, 6.45) is 4.01. The Labute approximate surface area is 103 Å². The second kappa shape index (κ2) is 4.46. The van der Waals surface area contributed by atoms with Crippen molar-refractivity contribution in [1.82, 2.24) is 14.5 Å². The molecule has 0 bridgehead atoms. The molecule has 90 valence electrons. The SMILES string of the molecule is Cn1cc(Br)c(CS(=O)(=O)NCC2CC2)n1. The first-order chi connectivity index (χ1) is 7.46. The average molecular weight is 308 g/mol. The molecule has 16 heavy (non-hydrogen) atoms. The maximum atomic E-state index is 11.7. The number of nitrogens with one attached hydrogen (secondary N) is 1. The van der Waals surface area contributed by atoms with E-state index < -0.39 is 10.0 Å². The summed E-state index contributed by atoms with van der Waals surface area (Å²) >= 11 is 3.29. The van der Waals surface area contributed by atoms with Gasteiger partial charge in [0.1, 0.15) is 5.75 Å². The molecule has 0 spiro atoms.